The second-order valence-electron chi connectivity index (χ2n) is 4.02. The number of rotatable bonds is 6. The van der Waals surface area contributed by atoms with Crippen molar-refractivity contribution in [3.63, 3.8) is 0 Å². The number of aliphatic hydroxyl groups is 2. The van der Waals surface area contributed by atoms with Gasteiger partial charge in [0.25, 0.3) is 0 Å². The highest BCUT2D eigenvalue weighted by atomic mass is 35.5. The van der Waals surface area contributed by atoms with Crippen LogP contribution in [0.25, 0.3) is 0 Å². The topological polar surface area (TPSA) is 57.5 Å². The first-order valence-corrected chi connectivity index (χ1v) is 7.21. The van der Waals surface area contributed by atoms with Crippen molar-refractivity contribution in [3.8, 4) is 0 Å². The Balaban J connectivity index is 2.56. The highest BCUT2D eigenvalue weighted by molar-refractivity contribution is 8.13. The van der Waals surface area contributed by atoms with Gasteiger partial charge in [-0.3, -0.25) is 4.79 Å². The second kappa shape index (κ2) is 7.79. The Morgan fingerprint density at radius 1 is 1.44 bits per heavy atom. The van der Waals surface area contributed by atoms with Crippen LogP contribution in [0.1, 0.15) is 30.6 Å². The Hall–Kier alpha value is -0.550. The van der Waals surface area contributed by atoms with Gasteiger partial charge >= 0.3 is 0 Å². The molecule has 0 heterocycles. The Labute approximate surface area is 116 Å². The molecule has 3 nitrogen and oxygen atoms in total. The minimum Gasteiger partial charge on any atom is -0.390 e. The molecule has 0 saturated carbocycles. The van der Waals surface area contributed by atoms with Crippen LogP contribution >= 0.6 is 23.4 Å². The lowest BCUT2D eigenvalue weighted by Gasteiger charge is -2.18. The summed E-state index contributed by atoms with van der Waals surface area (Å²) < 4.78 is 0. The Morgan fingerprint density at radius 2 is 2.17 bits per heavy atom. The van der Waals surface area contributed by atoms with Crippen LogP contribution in [0.15, 0.2) is 24.3 Å². The first-order valence-electron chi connectivity index (χ1n) is 5.69. The van der Waals surface area contributed by atoms with Crippen LogP contribution in [0.4, 0.5) is 0 Å². The summed E-state index contributed by atoms with van der Waals surface area (Å²) in [5, 5.41) is 19.8. The molecule has 0 bridgehead atoms. The molecule has 0 radical (unpaired) electrons. The summed E-state index contributed by atoms with van der Waals surface area (Å²) in [7, 11) is 0. The third-order valence-electron chi connectivity index (χ3n) is 2.53. The van der Waals surface area contributed by atoms with Crippen LogP contribution in [-0.2, 0) is 10.7 Å². The molecule has 18 heavy (non-hydrogen) atoms. The van der Waals surface area contributed by atoms with Gasteiger partial charge in [0.15, 0.2) is 5.12 Å². The fourth-order valence-electron chi connectivity index (χ4n) is 1.56. The van der Waals surface area contributed by atoms with E-state index in [-0.39, 0.29) is 5.12 Å². The molecule has 100 valence electrons. The Bertz CT molecular complexity index is 398. The minimum atomic E-state index is -0.944. The van der Waals surface area contributed by atoms with Gasteiger partial charge in [-0.25, -0.2) is 0 Å². The van der Waals surface area contributed by atoms with E-state index in [2.05, 4.69) is 0 Å². The Kier molecular flexibility index (Phi) is 6.71. The van der Waals surface area contributed by atoms with Gasteiger partial charge in [-0.2, -0.15) is 0 Å². The first-order chi connectivity index (χ1) is 8.54. The number of benzene rings is 1. The normalized spacial score (nSPS) is 14.2. The van der Waals surface area contributed by atoms with Crippen molar-refractivity contribution < 1.29 is 15.0 Å². The quantitative estimate of drug-likeness (QED) is 0.790. The average Bonchev–Trinajstić information content (AvgIpc) is 2.37. The van der Waals surface area contributed by atoms with Gasteiger partial charge in [-0.05, 0) is 17.5 Å². The fourth-order valence-corrected chi connectivity index (χ4v) is 2.38. The van der Waals surface area contributed by atoms with Crippen molar-refractivity contribution in [2.75, 3.05) is 5.75 Å². The number of halogens is 1. The van der Waals surface area contributed by atoms with Crippen molar-refractivity contribution in [1.82, 2.24) is 0 Å². The van der Waals surface area contributed by atoms with E-state index in [9.17, 15) is 15.0 Å². The van der Waals surface area contributed by atoms with Crippen molar-refractivity contribution in [2.24, 2.45) is 0 Å². The third-order valence-corrected chi connectivity index (χ3v) is 3.69. The lowest BCUT2D eigenvalue weighted by molar-refractivity contribution is -0.109. The van der Waals surface area contributed by atoms with Crippen LogP contribution < -0.4 is 0 Å². The lowest BCUT2D eigenvalue weighted by Crippen LogP contribution is -2.19. The summed E-state index contributed by atoms with van der Waals surface area (Å²) in [6, 6.07) is 7.19. The zero-order chi connectivity index (χ0) is 13.5. The second-order valence-corrected chi connectivity index (χ2v) is 5.56. The highest BCUT2D eigenvalue weighted by Crippen LogP contribution is 2.22. The van der Waals surface area contributed by atoms with E-state index >= 15 is 0 Å². The molecule has 1 aromatic carbocycles. The number of thioether (sulfide) groups is 1. The zero-order valence-electron chi connectivity index (χ0n) is 10.2. The van der Waals surface area contributed by atoms with E-state index in [1.54, 1.807) is 18.2 Å². The van der Waals surface area contributed by atoms with Gasteiger partial charge in [-0.15, -0.1) is 11.6 Å². The lowest BCUT2D eigenvalue weighted by atomic mass is 10.0. The number of hydrogen-bond donors (Lipinski definition) is 2. The minimum absolute atomic E-state index is 0.0147. The van der Waals surface area contributed by atoms with E-state index in [0.717, 1.165) is 17.3 Å². The van der Waals surface area contributed by atoms with Crippen LogP contribution in [0.2, 0.25) is 0 Å². The van der Waals surface area contributed by atoms with Crippen LogP contribution in [0, 0.1) is 0 Å². The van der Waals surface area contributed by atoms with Crippen molar-refractivity contribution in [3.05, 3.63) is 35.4 Å². The molecule has 0 aliphatic carbocycles. The molecule has 0 spiro atoms. The number of alkyl halides is 1. The van der Waals surface area contributed by atoms with Gasteiger partial charge in [0.05, 0.1) is 6.10 Å². The number of aliphatic hydroxyl groups excluding tert-OH is 2. The molecular weight excluding hydrogens is 272 g/mol. The van der Waals surface area contributed by atoms with Gasteiger partial charge in [-0.1, -0.05) is 36.0 Å². The molecule has 1 rings (SSSR count). The van der Waals surface area contributed by atoms with E-state index < -0.39 is 12.2 Å². The molecule has 2 atom stereocenters. The van der Waals surface area contributed by atoms with E-state index in [4.69, 9.17) is 11.6 Å². The monoisotopic (exact) mass is 288 g/mol. The standard InChI is InChI=1S/C13H17ClO3S/c1-9(15)18-6-5-12(16)13(17)11-4-2-3-10(7-11)8-14/h2-4,7,12-13,16-17H,5-6,8H2,1H3. The maximum Gasteiger partial charge on any atom is 0.185 e. The molecule has 2 unspecified atom stereocenters. The van der Waals surface area contributed by atoms with Gasteiger partial charge in [0.1, 0.15) is 6.10 Å². The highest BCUT2D eigenvalue weighted by Gasteiger charge is 2.18. The summed E-state index contributed by atoms with van der Waals surface area (Å²) in [5.74, 6) is 0.875. The van der Waals surface area contributed by atoms with Crippen LogP contribution in [-0.4, -0.2) is 27.2 Å². The number of hydrogen-bond acceptors (Lipinski definition) is 4. The van der Waals surface area contributed by atoms with E-state index in [1.165, 1.54) is 6.92 Å². The van der Waals surface area contributed by atoms with Gasteiger partial charge < -0.3 is 10.2 Å². The summed E-state index contributed by atoms with van der Waals surface area (Å²) in [6.07, 6.45) is -1.44. The zero-order valence-corrected chi connectivity index (χ0v) is 11.7. The van der Waals surface area contributed by atoms with Crippen molar-refractivity contribution in [2.45, 2.75) is 31.4 Å². The predicted molar refractivity (Wildman–Crippen MR) is 74.7 cm³/mol. The molecule has 0 amide bonds. The summed E-state index contributed by atoms with van der Waals surface area (Å²) >= 11 is 6.87. The molecule has 1 aromatic rings. The molecule has 0 aliphatic rings. The number of carbonyl (C=O) groups excluding carboxylic acids is 1. The smallest absolute Gasteiger partial charge is 0.185 e. The van der Waals surface area contributed by atoms with E-state index in [1.807, 2.05) is 6.07 Å². The molecule has 2 N–H and O–H groups in total. The maximum atomic E-state index is 10.8. The molecule has 0 aliphatic heterocycles. The SMILES string of the molecule is CC(=O)SCCC(O)C(O)c1cccc(CCl)c1. The molecule has 0 aromatic heterocycles. The summed E-state index contributed by atoms with van der Waals surface area (Å²) in [4.78, 5) is 10.8. The Morgan fingerprint density at radius 3 is 2.78 bits per heavy atom. The third kappa shape index (κ3) is 4.98. The molecule has 0 fully saturated rings. The van der Waals surface area contributed by atoms with Gasteiger partial charge in [0.2, 0.25) is 0 Å². The van der Waals surface area contributed by atoms with Gasteiger partial charge in [0, 0.05) is 18.6 Å². The van der Waals surface area contributed by atoms with Crippen molar-refractivity contribution in [1.29, 1.82) is 0 Å². The van der Waals surface area contributed by atoms with Crippen LogP contribution in [0.5, 0.6) is 0 Å². The average molecular weight is 289 g/mol. The van der Waals surface area contributed by atoms with E-state index in [0.29, 0.717) is 23.6 Å². The molecule has 0 saturated heterocycles. The molecule has 5 heteroatoms. The fraction of sp³-hybridized carbons (Fsp3) is 0.462. The predicted octanol–water partition coefficient (Wildman–Crippen LogP) is 2.49. The first kappa shape index (κ1) is 15.5. The maximum absolute atomic E-state index is 10.8. The summed E-state index contributed by atoms with van der Waals surface area (Å²) in [6.45, 7) is 1.48. The largest absolute Gasteiger partial charge is 0.390 e. The summed E-state index contributed by atoms with van der Waals surface area (Å²) in [5.41, 5.74) is 1.55. The molecular formula is C13H17ClO3S. The van der Waals surface area contributed by atoms with Crippen LogP contribution in [0.3, 0.4) is 0 Å². The number of carbonyl (C=O) groups is 1. The van der Waals surface area contributed by atoms with Crippen molar-refractivity contribution >= 4 is 28.5 Å².